The lowest BCUT2D eigenvalue weighted by molar-refractivity contribution is 0.0599. The van der Waals surface area contributed by atoms with Crippen LogP contribution in [0.1, 0.15) is 16.1 Å². The first kappa shape index (κ1) is 13.1. The van der Waals surface area contributed by atoms with Crippen LogP contribution in [0.3, 0.4) is 0 Å². The number of methoxy groups -OCH3 is 2. The van der Waals surface area contributed by atoms with Crippen molar-refractivity contribution in [3.63, 3.8) is 0 Å². The second-order valence-corrected chi connectivity index (χ2v) is 3.83. The summed E-state index contributed by atoms with van der Waals surface area (Å²) >= 11 is 0. The van der Waals surface area contributed by atoms with Crippen molar-refractivity contribution in [2.75, 3.05) is 14.2 Å². The Morgan fingerprint density at radius 2 is 2.05 bits per heavy atom. The Hall–Kier alpha value is -2.37. The summed E-state index contributed by atoms with van der Waals surface area (Å²) < 4.78 is 28.1. The quantitative estimate of drug-likeness (QED) is 0.798. The molecule has 1 aromatic carbocycles. The van der Waals surface area contributed by atoms with E-state index >= 15 is 0 Å². The highest BCUT2D eigenvalue weighted by Gasteiger charge is 2.22. The van der Waals surface area contributed by atoms with Crippen LogP contribution >= 0.6 is 0 Å². The monoisotopic (exact) mass is 265 g/mol. The van der Waals surface area contributed by atoms with Gasteiger partial charge in [0.2, 0.25) is 0 Å². The maximum absolute atomic E-state index is 13.5. The Labute approximate surface area is 108 Å². The van der Waals surface area contributed by atoms with E-state index in [1.165, 1.54) is 26.4 Å². The zero-order chi connectivity index (χ0) is 14.0. The molecule has 2 aromatic rings. The number of hydrogen-bond acceptors (Lipinski definition) is 5. The smallest absolute Gasteiger partial charge is 0.343 e. The van der Waals surface area contributed by atoms with E-state index in [1.54, 1.807) is 13.0 Å². The molecule has 0 bridgehead atoms. The predicted molar refractivity (Wildman–Crippen MR) is 64.5 cm³/mol. The van der Waals surface area contributed by atoms with E-state index in [0.717, 1.165) is 0 Å². The van der Waals surface area contributed by atoms with Gasteiger partial charge in [-0.3, -0.25) is 0 Å². The molecule has 6 heteroatoms. The molecule has 100 valence electrons. The van der Waals surface area contributed by atoms with Crippen molar-refractivity contribution in [2.45, 2.75) is 6.92 Å². The van der Waals surface area contributed by atoms with Crippen LogP contribution in [0, 0.1) is 12.7 Å². The fourth-order valence-electron chi connectivity index (χ4n) is 1.73. The van der Waals surface area contributed by atoms with Gasteiger partial charge in [-0.05, 0) is 19.1 Å². The largest absolute Gasteiger partial charge is 0.497 e. The van der Waals surface area contributed by atoms with Gasteiger partial charge in [0.1, 0.15) is 28.6 Å². The van der Waals surface area contributed by atoms with Crippen LogP contribution in [0.25, 0.3) is 11.3 Å². The SMILES string of the molecule is COC(=O)c1c(-c2cc(F)cc(OC)c2)noc1C. The van der Waals surface area contributed by atoms with Crippen LogP contribution in [0.2, 0.25) is 0 Å². The predicted octanol–water partition coefficient (Wildman–Crippen LogP) is 2.58. The molecule has 0 aliphatic carbocycles. The Morgan fingerprint density at radius 1 is 1.32 bits per heavy atom. The molecule has 1 heterocycles. The molecule has 0 spiro atoms. The van der Waals surface area contributed by atoms with Gasteiger partial charge in [-0.25, -0.2) is 9.18 Å². The van der Waals surface area contributed by atoms with E-state index in [0.29, 0.717) is 17.1 Å². The lowest BCUT2D eigenvalue weighted by atomic mass is 10.1. The highest BCUT2D eigenvalue weighted by molar-refractivity contribution is 5.97. The first-order valence-corrected chi connectivity index (χ1v) is 5.46. The van der Waals surface area contributed by atoms with Gasteiger partial charge < -0.3 is 14.0 Å². The van der Waals surface area contributed by atoms with E-state index in [4.69, 9.17) is 9.26 Å². The van der Waals surface area contributed by atoms with E-state index < -0.39 is 11.8 Å². The van der Waals surface area contributed by atoms with Crippen LogP contribution in [-0.2, 0) is 4.74 Å². The van der Waals surface area contributed by atoms with Crippen LogP contribution < -0.4 is 4.74 Å². The first-order valence-electron chi connectivity index (χ1n) is 5.46. The Bertz CT molecular complexity index is 621. The number of benzene rings is 1. The van der Waals surface area contributed by atoms with Crippen molar-refractivity contribution >= 4 is 5.97 Å². The second kappa shape index (κ2) is 5.09. The molecule has 0 atom stereocenters. The fourth-order valence-corrected chi connectivity index (χ4v) is 1.73. The van der Waals surface area contributed by atoms with Gasteiger partial charge in [0.15, 0.2) is 0 Å². The van der Waals surface area contributed by atoms with Crippen molar-refractivity contribution in [1.82, 2.24) is 5.16 Å². The first-order chi connectivity index (χ1) is 9.06. The Balaban J connectivity index is 2.59. The number of nitrogens with zero attached hydrogens (tertiary/aromatic N) is 1. The molecular weight excluding hydrogens is 253 g/mol. The molecule has 0 aliphatic heterocycles. The molecule has 1 aromatic heterocycles. The van der Waals surface area contributed by atoms with Gasteiger partial charge in [-0.2, -0.15) is 0 Å². The van der Waals surface area contributed by atoms with Crippen molar-refractivity contribution < 1.29 is 23.2 Å². The molecule has 0 radical (unpaired) electrons. The van der Waals surface area contributed by atoms with Gasteiger partial charge >= 0.3 is 5.97 Å². The summed E-state index contributed by atoms with van der Waals surface area (Å²) in [5.74, 6) is -0.445. The normalized spacial score (nSPS) is 10.3. The lowest BCUT2D eigenvalue weighted by Crippen LogP contribution is -2.03. The van der Waals surface area contributed by atoms with Crippen LogP contribution in [0.15, 0.2) is 22.7 Å². The molecule has 0 N–H and O–H groups in total. The van der Waals surface area contributed by atoms with Crippen LogP contribution in [-0.4, -0.2) is 25.3 Å². The van der Waals surface area contributed by atoms with Gasteiger partial charge in [0.25, 0.3) is 0 Å². The van der Waals surface area contributed by atoms with Crippen LogP contribution in [0.5, 0.6) is 5.75 Å². The zero-order valence-corrected chi connectivity index (χ0v) is 10.7. The lowest BCUT2D eigenvalue weighted by Gasteiger charge is -2.04. The van der Waals surface area contributed by atoms with E-state index in [-0.39, 0.29) is 11.3 Å². The summed E-state index contributed by atoms with van der Waals surface area (Å²) in [7, 11) is 2.68. The third-order valence-corrected chi connectivity index (χ3v) is 2.63. The number of rotatable bonds is 3. The molecule has 0 aliphatic rings. The average Bonchev–Trinajstić information content (AvgIpc) is 2.79. The molecule has 5 nitrogen and oxygen atoms in total. The number of carbonyl (C=O) groups excluding carboxylic acids is 1. The highest BCUT2D eigenvalue weighted by atomic mass is 19.1. The number of aromatic nitrogens is 1. The van der Waals surface area contributed by atoms with Gasteiger partial charge in [0, 0.05) is 11.6 Å². The van der Waals surface area contributed by atoms with E-state index in [9.17, 15) is 9.18 Å². The van der Waals surface area contributed by atoms with Crippen molar-refractivity contribution in [3.05, 3.63) is 35.3 Å². The van der Waals surface area contributed by atoms with Gasteiger partial charge in [0.05, 0.1) is 14.2 Å². The summed E-state index contributed by atoms with van der Waals surface area (Å²) in [4.78, 5) is 11.7. The topological polar surface area (TPSA) is 61.6 Å². The van der Waals surface area contributed by atoms with Crippen molar-refractivity contribution in [2.24, 2.45) is 0 Å². The van der Waals surface area contributed by atoms with Crippen LogP contribution in [0.4, 0.5) is 4.39 Å². The molecule has 2 rings (SSSR count). The minimum absolute atomic E-state index is 0.176. The molecule has 0 saturated carbocycles. The third kappa shape index (κ3) is 2.42. The highest BCUT2D eigenvalue weighted by Crippen LogP contribution is 2.29. The molecule has 0 amide bonds. The van der Waals surface area contributed by atoms with Gasteiger partial charge in [-0.15, -0.1) is 0 Å². The van der Waals surface area contributed by atoms with Crippen molar-refractivity contribution in [3.8, 4) is 17.0 Å². The number of esters is 1. The van der Waals surface area contributed by atoms with E-state index in [1.807, 2.05) is 0 Å². The van der Waals surface area contributed by atoms with Gasteiger partial charge in [-0.1, -0.05) is 5.16 Å². The Kier molecular flexibility index (Phi) is 3.50. The number of aryl methyl sites for hydroxylation is 1. The summed E-state index contributed by atoms with van der Waals surface area (Å²) in [5.41, 5.74) is 0.784. The standard InChI is InChI=1S/C13H12FNO4/c1-7-11(13(16)18-3)12(15-19-7)8-4-9(14)6-10(5-8)17-2/h4-6H,1-3H3. The molecule has 0 fully saturated rings. The molecule has 0 unspecified atom stereocenters. The number of halogens is 1. The molecule has 19 heavy (non-hydrogen) atoms. The second-order valence-electron chi connectivity index (χ2n) is 3.83. The summed E-state index contributed by atoms with van der Waals surface area (Å²) in [6.07, 6.45) is 0. The zero-order valence-electron chi connectivity index (χ0n) is 10.7. The summed E-state index contributed by atoms with van der Waals surface area (Å²) in [6.45, 7) is 1.58. The minimum Gasteiger partial charge on any atom is -0.497 e. The average molecular weight is 265 g/mol. The van der Waals surface area contributed by atoms with E-state index in [2.05, 4.69) is 9.89 Å². The summed E-state index contributed by atoms with van der Waals surface area (Å²) in [5, 5.41) is 3.77. The Morgan fingerprint density at radius 3 is 2.68 bits per heavy atom. The number of carbonyl (C=O) groups is 1. The maximum atomic E-state index is 13.5. The van der Waals surface area contributed by atoms with Crippen molar-refractivity contribution in [1.29, 1.82) is 0 Å². The fraction of sp³-hybridized carbons (Fsp3) is 0.231. The third-order valence-electron chi connectivity index (χ3n) is 2.63. The summed E-state index contributed by atoms with van der Waals surface area (Å²) in [6, 6.07) is 4.04. The molecule has 0 saturated heterocycles. The maximum Gasteiger partial charge on any atom is 0.343 e. The number of hydrogen-bond donors (Lipinski definition) is 0. The molecular formula is C13H12FNO4. The minimum atomic E-state index is -0.586. The number of ether oxygens (including phenoxy) is 2.